The van der Waals surface area contributed by atoms with Crippen LogP contribution in [-0.2, 0) is 4.74 Å². The van der Waals surface area contributed by atoms with Gasteiger partial charge < -0.3 is 15.4 Å². The van der Waals surface area contributed by atoms with Crippen molar-refractivity contribution in [3.05, 3.63) is 18.3 Å². The van der Waals surface area contributed by atoms with E-state index in [4.69, 9.17) is 10.5 Å². The molecule has 1 aromatic rings. The molecule has 0 unspecified atom stereocenters. The molecule has 0 aliphatic carbocycles. The molecule has 14 heavy (non-hydrogen) atoms. The fourth-order valence-corrected chi connectivity index (χ4v) is 1.10. The van der Waals surface area contributed by atoms with Crippen molar-refractivity contribution in [2.45, 2.75) is 6.92 Å². The molecular formula is C10H17N3O. The molecular weight excluding hydrogens is 178 g/mol. The van der Waals surface area contributed by atoms with E-state index in [0.29, 0.717) is 5.82 Å². The molecule has 0 spiro atoms. The van der Waals surface area contributed by atoms with Crippen LogP contribution in [0.1, 0.15) is 6.92 Å². The van der Waals surface area contributed by atoms with Crippen LogP contribution < -0.4 is 10.6 Å². The van der Waals surface area contributed by atoms with Crippen molar-refractivity contribution in [3.63, 3.8) is 0 Å². The van der Waals surface area contributed by atoms with Crippen LogP contribution in [0.2, 0.25) is 0 Å². The van der Waals surface area contributed by atoms with Gasteiger partial charge in [0.15, 0.2) is 0 Å². The highest BCUT2D eigenvalue weighted by atomic mass is 16.5. The van der Waals surface area contributed by atoms with Gasteiger partial charge in [0.25, 0.3) is 0 Å². The van der Waals surface area contributed by atoms with Gasteiger partial charge in [-0.3, -0.25) is 0 Å². The van der Waals surface area contributed by atoms with Gasteiger partial charge in [0, 0.05) is 20.2 Å². The van der Waals surface area contributed by atoms with Gasteiger partial charge in [0.1, 0.15) is 5.82 Å². The average Bonchev–Trinajstić information content (AvgIpc) is 2.19. The summed E-state index contributed by atoms with van der Waals surface area (Å²) in [6.45, 7) is 4.34. The van der Waals surface area contributed by atoms with Gasteiger partial charge in [0.2, 0.25) is 0 Å². The van der Waals surface area contributed by atoms with E-state index >= 15 is 0 Å². The summed E-state index contributed by atoms with van der Waals surface area (Å²) in [6, 6.07) is 3.75. The van der Waals surface area contributed by atoms with Crippen molar-refractivity contribution in [2.24, 2.45) is 0 Å². The zero-order chi connectivity index (χ0) is 10.4. The fraction of sp³-hybridized carbons (Fsp3) is 0.500. The number of pyridine rings is 1. The van der Waals surface area contributed by atoms with Crippen molar-refractivity contribution in [2.75, 3.05) is 37.4 Å². The van der Waals surface area contributed by atoms with Crippen molar-refractivity contribution >= 4 is 11.5 Å². The quantitative estimate of drug-likeness (QED) is 0.716. The first-order valence-electron chi connectivity index (χ1n) is 4.74. The Morgan fingerprint density at radius 2 is 2.29 bits per heavy atom. The van der Waals surface area contributed by atoms with Gasteiger partial charge in [-0.05, 0) is 19.1 Å². The largest absolute Gasteiger partial charge is 0.384 e. The number of rotatable bonds is 5. The van der Waals surface area contributed by atoms with E-state index in [0.717, 1.165) is 25.4 Å². The maximum Gasteiger partial charge on any atom is 0.123 e. The number of ether oxygens (including phenoxy) is 1. The third-order valence-electron chi connectivity index (χ3n) is 1.99. The number of hydrogen-bond donors (Lipinski definition) is 1. The molecule has 0 aromatic carbocycles. The van der Waals surface area contributed by atoms with E-state index in [1.54, 1.807) is 12.3 Å². The molecule has 0 bridgehead atoms. The molecule has 2 N–H and O–H groups in total. The molecule has 0 saturated heterocycles. The van der Waals surface area contributed by atoms with Crippen molar-refractivity contribution in [3.8, 4) is 0 Å². The molecule has 0 aliphatic heterocycles. The first kappa shape index (κ1) is 10.8. The Kier molecular flexibility index (Phi) is 4.19. The number of likely N-dealkylation sites (N-methyl/N-ethyl adjacent to an activating group) is 1. The molecule has 0 fully saturated rings. The van der Waals surface area contributed by atoms with E-state index in [9.17, 15) is 0 Å². The topological polar surface area (TPSA) is 51.4 Å². The van der Waals surface area contributed by atoms with Crippen LogP contribution in [-0.4, -0.2) is 31.8 Å². The predicted molar refractivity (Wildman–Crippen MR) is 58.4 cm³/mol. The lowest BCUT2D eigenvalue weighted by molar-refractivity contribution is 0.154. The number of hydrogen-bond acceptors (Lipinski definition) is 4. The Bertz CT molecular complexity index is 261. The first-order valence-corrected chi connectivity index (χ1v) is 4.74. The van der Waals surface area contributed by atoms with Gasteiger partial charge >= 0.3 is 0 Å². The van der Waals surface area contributed by atoms with Crippen molar-refractivity contribution < 1.29 is 4.74 Å². The lowest BCUT2D eigenvalue weighted by Crippen LogP contribution is -2.22. The number of anilines is 2. The highest BCUT2D eigenvalue weighted by Gasteiger charge is 1.99. The minimum Gasteiger partial charge on any atom is -0.384 e. The molecule has 1 rings (SSSR count). The Morgan fingerprint density at radius 3 is 2.86 bits per heavy atom. The summed E-state index contributed by atoms with van der Waals surface area (Å²) in [5.74, 6) is 0.548. The second kappa shape index (κ2) is 5.44. The number of aromatic nitrogens is 1. The van der Waals surface area contributed by atoms with Gasteiger partial charge in [-0.1, -0.05) is 0 Å². The maximum absolute atomic E-state index is 5.49. The Labute approximate surface area is 84.7 Å². The zero-order valence-electron chi connectivity index (χ0n) is 8.73. The molecule has 0 radical (unpaired) electrons. The monoisotopic (exact) mass is 195 g/mol. The van der Waals surface area contributed by atoms with Crippen LogP contribution in [0.5, 0.6) is 0 Å². The third kappa shape index (κ3) is 3.22. The maximum atomic E-state index is 5.49. The summed E-state index contributed by atoms with van der Waals surface area (Å²) in [6.07, 6.45) is 1.77. The highest BCUT2D eigenvalue weighted by Crippen LogP contribution is 2.11. The Morgan fingerprint density at radius 1 is 1.50 bits per heavy atom. The summed E-state index contributed by atoms with van der Waals surface area (Å²) in [5.41, 5.74) is 6.55. The second-order valence-electron chi connectivity index (χ2n) is 3.06. The van der Waals surface area contributed by atoms with Gasteiger partial charge in [-0.2, -0.15) is 0 Å². The predicted octanol–water partition coefficient (Wildman–Crippen LogP) is 1.14. The highest BCUT2D eigenvalue weighted by molar-refractivity contribution is 5.47. The van der Waals surface area contributed by atoms with Crippen LogP contribution >= 0.6 is 0 Å². The molecule has 0 aliphatic rings. The molecule has 4 nitrogen and oxygen atoms in total. The lowest BCUT2D eigenvalue weighted by atomic mass is 10.3. The average molecular weight is 195 g/mol. The van der Waals surface area contributed by atoms with Crippen LogP contribution in [0.4, 0.5) is 11.5 Å². The van der Waals surface area contributed by atoms with E-state index in [1.165, 1.54) is 0 Å². The Balaban J connectivity index is 2.43. The Hall–Kier alpha value is -1.29. The van der Waals surface area contributed by atoms with Gasteiger partial charge in [0.05, 0.1) is 18.5 Å². The summed E-state index contributed by atoms with van der Waals surface area (Å²) in [4.78, 5) is 6.11. The third-order valence-corrected chi connectivity index (χ3v) is 1.99. The zero-order valence-corrected chi connectivity index (χ0v) is 8.73. The summed E-state index contributed by atoms with van der Waals surface area (Å²) >= 11 is 0. The summed E-state index contributed by atoms with van der Waals surface area (Å²) in [7, 11) is 2.01. The smallest absolute Gasteiger partial charge is 0.123 e. The SMILES string of the molecule is CCOCCN(C)c1ccc(N)nc1. The molecule has 0 saturated carbocycles. The molecule has 0 amide bonds. The van der Waals surface area contributed by atoms with Crippen LogP contribution in [0, 0.1) is 0 Å². The molecule has 78 valence electrons. The van der Waals surface area contributed by atoms with E-state index in [2.05, 4.69) is 9.88 Å². The standard InChI is InChI=1S/C10H17N3O/c1-3-14-7-6-13(2)9-4-5-10(11)12-8-9/h4-5,8H,3,6-7H2,1-2H3,(H2,11,12). The normalized spacial score (nSPS) is 10.1. The second-order valence-corrected chi connectivity index (χ2v) is 3.06. The minimum atomic E-state index is 0.548. The van der Waals surface area contributed by atoms with Crippen LogP contribution in [0.3, 0.4) is 0 Å². The molecule has 1 aromatic heterocycles. The van der Waals surface area contributed by atoms with Crippen molar-refractivity contribution in [1.29, 1.82) is 0 Å². The summed E-state index contributed by atoms with van der Waals surface area (Å²) in [5, 5.41) is 0. The van der Waals surface area contributed by atoms with E-state index in [-0.39, 0.29) is 0 Å². The molecule has 4 heteroatoms. The van der Waals surface area contributed by atoms with Gasteiger partial charge in [-0.15, -0.1) is 0 Å². The number of nitrogen functional groups attached to an aromatic ring is 1. The number of nitrogens with two attached hydrogens (primary N) is 1. The minimum absolute atomic E-state index is 0.548. The van der Waals surface area contributed by atoms with Crippen LogP contribution in [0.25, 0.3) is 0 Å². The van der Waals surface area contributed by atoms with E-state index in [1.807, 2.05) is 20.0 Å². The van der Waals surface area contributed by atoms with Crippen LogP contribution in [0.15, 0.2) is 18.3 Å². The van der Waals surface area contributed by atoms with E-state index < -0.39 is 0 Å². The fourth-order valence-electron chi connectivity index (χ4n) is 1.10. The first-order chi connectivity index (χ1) is 6.74. The molecule has 1 heterocycles. The van der Waals surface area contributed by atoms with Gasteiger partial charge in [-0.25, -0.2) is 4.98 Å². The van der Waals surface area contributed by atoms with Crippen molar-refractivity contribution in [1.82, 2.24) is 4.98 Å². The molecule has 0 atom stereocenters. The number of nitrogens with zero attached hydrogens (tertiary/aromatic N) is 2. The lowest BCUT2D eigenvalue weighted by Gasteiger charge is -2.18. The summed E-state index contributed by atoms with van der Waals surface area (Å²) < 4.78 is 5.26.